The van der Waals surface area contributed by atoms with Crippen LogP contribution < -0.4 is 10.6 Å². The van der Waals surface area contributed by atoms with Crippen molar-refractivity contribution in [1.82, 2.24) is 5.32 Å². The summed E-state index contributed by atoms with van der Waals surface area (Å²) in [7, 11) is 0. The fourth-order valence-electron chi connectivity index (χ4n) is 2.89. The maximum Gasteiger partial charge on any atom is 0.313 e. The Bertz CT molecular complexity index is 1190. The van der Waals surface area contributed by atoms with E-state index in [1.807, 2.05) is 22.9 Å². The van der Waals surface area contributed by atoms with Crippen molar-refractivity contribution < 1.29 is 23.9 Å². The van der Waals surface area contributed by atoms with Gasteiger partial charge >= 0.3 is 5.97 Å². The Morgan fingerprint density at radius 3 is 2.40 bits per heavy atom. The summed E-state index contributed by atoms with van der Waals surface area (Å²) in [5.74, 6) is -1.46. The van der Waals surface area contributed by atoms with Gasteiger partial charge < -0.3 is 15.4 Å². The molecule has 0 aliphatic carbocycles. The summed E-state index contributed by atoms with van der Waals surface area (Å²) in [6.07, 6.45) is 1.37. The predicted octanol–water partition coefficient (Wildman–Crippen LogP) is 4.77. The van der Waals surface area contributed by atoms with E-state index in [-0.39, 0.29) is 36.2 Å². The molecule has 0 fully saturated rings. The number of anilines is 1. The molecule has 0 aliphatic rings. The van der Waals surface area contributed by atoms with E-state index in [0.717, 1.165) is 10.5 Å². The SMILES string of the molecule is CCOC(=O)CC(=O)CSc1ccc(NC(=O)/C(=C/c2ccsc2)NC(=O)c2ccccc2)cc1. The van der Waals surface area contributed by atoms with Gasteiger partial charge in [-0.15, -0.1) is 11.8 Å². The summed E-state index contributed by atoms with van der Waals surface area (Å²) in [4.78, 5) is 49.7. The second-order valence-corrected chi connectivity index (χ2v) is 9.05. The highest BCUT2D eigenvalue weighted by Gasteiger charge is 2.15. The number of thioether (sulfide) groups is 1. The van der Waals surface area contributed by atoms with Crippen LogP contribution in [0.2, 0.25) is 0 Å². The number of Topliss-reactive ketones (excluding diaryl/α,β-unsaturated/α-hetero) is 1. The maximum absolute atomic E-state index is 13.0. The molecule has 9 heteroatoms. The molecule has 35 heavy (non-hydrogen) atoms. The average Bonchev–Trinajstić information content (AvgIpc) is 3.37. The van der Waals surface area contributed by atoms with E-state index in [4.69, 9.17) is 4.74 Å². The molecular weight excluding hydrogens is 484 g/mol. The van der Waals surface area contributed by atoms with Gasteiger partial charge in [0.15, 0.2) is 5.78 Å². The average molecular weight is 509 g/mol. The molecule has 0 atom stereocenters. The van der Waals surface area contributed by atoms with Crippen molar-refractivity contribution >= 4 is 58.4 Å². The first-order valence-corrected chi connectivity index (χ1v) is 12.7. The minimum Gasteiger partial charge on any atom is -0.466 e. The van der Waals surface area contributed by atoms with Gasteiger partial charge in [-0.1, -0.05) is 18.2 Å². The molecule has 0 aliphatic heterocycles. The van der Waals surface area contributed by atoms with E-state index in [2.05, 4.69) is 10.6 Å². The Morgan fingerprint density at radius 2 is 1.74 bits per heavy atom. The summed E-state index contributed by atoms with van der Waals surface area (Å²) in [5, 5.41) is 9.24. The quantitative estimate of drug-likeness (QED) is 0.167. The molecule has 0 spiro atoms. The van der Waals surface area contributed by atoms with Crippen LogP contribution in [-0.2, 0) is 19.1 Å². The Labute approximate surface area is 211 Å². The van der Waals surface area contributed by atoms with Crippen molar-refractivity contribution in [2.45, 2.75) is 18.2 Å². The standard InChI is InChI=1S/C26H24N2O5S2/c1-2-33-24(30)15-21(29)17-35-22-10-8-20(9-11-22)27-26(32)23(14-18-12-13-34-16-18)28-25(31)19-6-4-3-5-7-19/h3-14,16H,2,15,17H2,1H3,(H,27,32)(H,28,31)/b23-14-. The van der Waals surface area contributed by atoms with Crippen LogP contribution in [0.1, 0.15) is 29.3 Å². The molecule has 1 aromatic heterocycles. The highest BCUT2D eigenvalue weighted by atomic mass is 32.2. The van der Waals surface area contributed by atoms with Crippen molar-refractivity contribution in [3.63, 3.8) is 0 Å². The Hall–Kier alpha value is -3.69. The van der Waals surface area contributed by atoms with Crippen molar-refractivity contribution in [3.8, 4) is 0 Å². The van der Waals surface area contributed by atoms with Crippen LogP contribution in [0.15, 0.2) is 82.0 Å². The lowest BCUT2D eigenvalue weighted by atomic mass is 10.2. The fraction of sp³-hybridized carbons (Fsp3) is 0.154. The van der Waals surface area contributed by atoms with Gasteiger partial charge in [-0.25, -0.2) is 0 Å². The number of carbonyl (C=O) groups excluding carboxylic acids is 4. The summed E-state index contributed by atoms with van der Waals surface area (Å²) in [6.45, 7) is 1.93. The lowest BCUT2D eigenvalue weighted by Crippen LogP contribution is -2.30. The summed E-state index contributed by atoms with van der Waals surface area (Å²) in [6, 6.07) is 17.4. The van der Waals surface area contributed by atoms with Gasteiger partial charge in [0.05, 0.1) is 12.4 Å². The molecule has 2 N–H and O–H groups in total. The molecule has 0 saturated carbocycles. The number of rotatable bonds is 11. The highest BCUT2D eigenvalue weighted by molar-refractivity contribution is 8.00. The molecule has 0 bridgehead atoms. The second-order valence-electron chi connectivity index (χ2n) is 7.22. The monoisotopic (exact) mass is 508 g/mol. The number of ketones is 1. The topological polar surface area (TPSA) is 102 Å². The van der Waals surface area contributed by atoms with Crippen LogP contribution >= 0.6 is 23.1 Å². The van der Waals surface area contributed by atoms with E-state index in [0.29, 0.717) is 11.3 Å². The first-order chi connectivity index (χ1) is 16.9. The number of amides is 2. The van der Waals surface area contributed by atoms with Gasteiger partial charge in [-0.2, -0.15) is 11.3 Å². The number of benzene rings is 2. The molecule has 180 valence electrons. The smallest absolute Gasteiger partial charge is 0.313 e. The van der Waals surface area contributed by atoms with Gasteiger partial charge in [-0.3, -0.25) is 19.2 Å². The fourth-order valence-corrected chi connectivity index (χ4v) is 4.26. The number of nitrogens with one attached hydrogen (secondary N) is 2. The Kier molecular flexibility index (Phi) is 9.82. The minimum absolute atomic E-state index is 0.111. The van der Waals surface area contributed by atoms with Crippen LogP contribution in [0, 0.1) is 0 Å². The molecule has 0 radical (unpaired) electrons. The number of hydrogen-bond acceptors (Lipinski definition) is 7. The maximum atomic E-state index is 13.0. The Balaban J connectivity index is 1.62. The van der Waals surface area contributed by atoms with E-state index >= 15 is 0 Å². The molecule has 3 rings (SSSR count). The van der Waals surface area contributed by atoms with Gasteiger partial charge in [-0.05, 0) is 71.8 Å². The summed E-state index contributed by atoms with van der Waals surface area (Å²) >= 11 is 2.78. The van der Waals surface area contributed by atoms with Crippen LogP contribution in [0.5, 0.6) is 0 Å². The third-order valence-corrected chi connectivity index (χ3v) is 6.32. The second kappa shape index (κ2) is 13.3. The summed E-state index contributed by atoms with van der Waals surface area (Å²) < 4.78 is 4.78. The number of esters is 1. The Morgan fingerprint density at radius 1 is 1.00 bits per heavy atom. The van der Waals surface area contributed by atoms with Crippen molar-refractivity contribution in [1.29, 1.82) is 0 Å². The number of carbonyl (C=O) groups is 4. The zero-order valence-electron chi connectivity index (χ0n) is 19.0. The van der Waals surface area contributed by atoms with Crippen molar-refractivity contribution in [3.05, 3.63) is 88.2 Å². The van der Waals surface area contributed by atoms with E-state index in [1.54, 1.807) is 61.5 Å². The van der Waals surface area contributed by atoms with E-state index in [1.165, 1.54) is 23.1 Å². The van der Waals surface area contributed by atoms with Crippen LogP contribution in [0.25, 0.3) is 6.08 Å². The number of ether oxygens (including phenoxy) is 1. The molecule has 7 nitrogen and oxygen atoms in total. The van der Waals surface area contributed by atoms with Gasteiger partial charge in [0.25, 0.3) is 11.8 Å². The molecule has 2 amide bonds. The van der Waals surface area contributed by atoms with Gasteiger partial charge in [0, 0.05) is 16.1 Å². The van der Waals surface area contributed by atoms with Crippen LogP contribution in [-0.4, -0.2) is 35.9 Å². The normalized spacial score (nSPS) is 10.9. The number of hydrogen-bond donors (Lipinski definition) is 2. The van der Waals surface area contributed by atoms with Crippen molar-refractivity contribution in [2.24, 2.45) is 0 Å². The largest absolute Gasteiger partial charge is 0.466 e. The minimum atomic E-state index is -0.526. The van der Waals surface area contributed by atoms with Crippen molar-refractivity contribution in [2.75, 3.05) is 17.7 Å². The zero-order chi connectivity index (χ0) is 25.0. The predicted molar refractivity (Wildman–Crippen MR) is 138 cm³/mol. The summed E-state index contributed by atoms with van der Waals surface area (Å²) in [5.41, 5.74) is 1.88. The first-order valence-electron chi connectivity index (χ1n) is 10.8. The zero-order valence-corrected chi connectivity index (χ0v) is 20.6. The van der Waals surface area contributed by atoms with Crippen LogP contribution in [0.3, 0.4) is 0 Å². The van der Waals surface area contributed by atoms with Gasteiger partial charge in [0.1, 0.15) is 12.1 Å². The van der Waals surface area contributed by atoms with Crippen LogP contribution in [0.4, 0.5) is 5.69 Å². The molecule has 2 aromatic carbocycles. The van der Waals surface area contributed by atoms with E-state index in [9.17, 15) is 19.2 Å². The van der Waals surface area contributed by atoms with Gasteiger partial charge in [0.2, 0.25) is 0 Å². The molecular formula is C26H24N2O5S2. The molecule has 3 aromatic rings. The lowest BCUT2D eigenvalue weighted by Gasteiger charge is -2.11. The number of thiophene rings is 1. The molecule has 0 unspecified atom stereocenters. The molecule has 0 saturated heterocycles. The highest BCUT2D eigenvalue weighted by Crippen LogP contribution is 2.21. The third kappa shape index (κ3) is 8.55. The van der Waals surface area contributed by atoms with E-state index < -0.39 is 11.9 Å². The molecule has 1 heterocycles. The lowest BCUT2D eigenvalue weighted by molar-refractivity contribution is -0.145. The first kappa shape index (κ1) is 25.9. The third-order valence-electron chi connectivity index (χ3n) is 4.54.